The lowest BCUT2D eigenvalue weighted by molar-refractivity contribution is -0.310. The van der Waals surface area contributed by atoms with Crippen LogP contribution in [0.1, 0.15) is 52.9 Å². The summed E-state index contributed by atoms with van der Waals surface area (Å²) in [6.07, 6.45) is -2.21. The third-order valence-electron chi connectivity index (χ3n) is 7.41. The molecule has 1 aliphatic heterocycles. The maximum Gasteiger partial charge on any atom is 0.187 e. The zero-order valence-corrected chi connectivity index (χ0v) is 17.1. The van der Waals surface area contributed by atoms with Crippen LogP contribution < -0.4 is 0 Å². The number of aliphatic hydroxyl groups excluding tert-OH is 4. The molecule has 162 valence electrons. The van der Waals surface area contributed by atoms with Crippen LogP contribution in [0.3, 0.4) is 0 Å². The zero-order valence-electron chi connectivity index (χ0n) is 17.1. The molecule has 3 fully saturated rings. The van der Waals surface area contributed by atoms with E-state index >= 15 is 0 Å². The number of ether oxygens (including phenoxy) is 2. The number of aliphatic hydroxyl groups is 5. The first-order valence-electron chi connectivity index (χ1n) is 10.3. The van der Waals surface area contributed by atoms with Crippen molar-refractivity contribution in [3.8, 4) is 0 Å². The molecule has 2 saturated carbocycles. The predicted molar refractivity (Wildman–Crippen MR) is 102 cm³/mol. The Balaban J connectivity index is 1.71. The van der Waals surface area contributed by atoms with Crippen molar-refractivity contribution in [2.45, 2.75) is 95.3 Å². The Labute approximate surface area is 167 Å². The SMILES string of the molecule is C=C1C(OC2OC(CO)C(O)C(O)C2O)CCC2(C)CCC(C(C)(C)O)CC12. The van der Waals surface area contributed by atoms with E-state index in [1.54, 1.807) is 0 Å². The predicted octanol–water partition coefficient (Wildman–Crippen LogP) is 0.715. The number of rotatable bonds is 4. The van der Waals surface area contributed by atoms with Gasteiger partial charge < -0.3 is 35.0 Å². The van der Waals surface area contributed by atoms with Crippen molar-refractivity contribution < 1.29 is 35.0 Å². The molecule has 9 atom stereocenters. The summed E-state index contributed by atoms with van der Waals surface area (Å²) in [7, 11) is 0. The van der Waals surface area contributed by atoms with Crippen molar-refractivity contribution in [2.75, 3.05) is 6.61 Å². The van der Waals surface area contributed by atoms with E-state index in [0.717, 1.165) is 37.7 Å². The molecule has 3 rings (SSSR count). The maximum atomic E-state index is 10.5. The first-order valence-corrected chi connectivity index (χ1v) is 10.3. The molecule has 0 aromatic heterocycles. The van der Waals surface area contributed by atoms with Crippen molar-refractivity contribution in [1.82, 2.24) is 0 Å². The molecule has 0 aromatic rings. The summed E-state index contributed by atoms with van der Waals surface area (Å²) in [4.78, 5) is 0. The summed E-state index contributed by atoms with van der Waals surface area (Å²) in [5.74, 6) is 0.384. The van der Waals surface area contributed by atoms with Crippen LogP contribution in [0, 0.1) is 17.3 Å². The molecule has 28 heavy (non-hydrogen) atoms. The molecule has 1 heterocycles. The van der Waals surface area contributed by atoms with E-state index in [-0.39, 0.29) is 23.4 Å². The van der Waals surface area contributed by atoms with Gasteiger partial charge in [-0.05, 0) is 68.8 Å². The van der Waals surface area contributed by atoms with E-state index in [9.17, 15) is 25.5 Å². The molecule has 0 radical (unpaired) electrons. The summed E-state index contributed by atoms with van der Waals surface area (Å²) < 4.78 is 11.5. The molecule has 9 unspecified atom stereocenters. The Hall–Kier alpha value is -0.540. The van der Waals surface area contributed by atoms with Gasteiger partial charge in [0.25, 0.3) is 0 Å². The largest absolute Gasteiger partial charge is 0.394 e. The van der Waals surface area contributed by atoms with Gasteiger partial charge in [0, 0.05) is 0 Å². The minimum absolute atomic E-state index is 0.119. The van der Waals surface area contributed by atoms with Crippen LogP contribution in [-0.4, -0.2) is 74.6 Å². The normalized spacial score (nSPS) is 47.6. The van der Waals surface area contributed by atoms with Gasteiger partial charge in [-0.15, -0.1) is 0 Å². The second-order valence-electron chi connectivity index (χ2n) is 9.77. The van der Waals surface area contributed by atoms with Crippen molar-refractivity contribution in [3.05, 3.63) is 12.2 Å². The molecule has 3 aliphatic rings. The van der Waals surface area contributed by atoms with Gasteiger partial charge in [-0.25, -0.2) is 0 Å². The number of fused-ring (bicyclic) bond motifs is 1. The monoisotopic (exact) mass is 400 g/mol. The first-order chi connectivity index (χ1) is 13.0. The minimum atomic E-state index is -1.45. The highest BCUT2D eigenvalue weighted by molar-refractivity contribution is 5.18. The third-order valence-corrected chi connectivity index (χ3v) is 7.41. The van der Waals surface area contributed by atoms with Gasteiger partial charge in [0.2, 0.25) is 0 Å². The van der Waals surface area contributed by atoms with Crippen molar-refractivity contribution in [2.24, 2.45) is 17.3 Å². The van der Waals surface area contributed by atoms with E-state index in [0.29, 0.717) is 0 Å². The van der Waals surface area contributed by atoms with Crippen molar-refractivity contribution in [1.29, 1.82) is 0 Å². The number of hydrogen-bond acceptors (Lipinski definition) is 7. The fraction of sp³-hybridized carbons (Fsp3) is 0.905. The molecular weight excluding hydrogens is 364 g/mol. The Morgan fingerprint density at radius 1 is 1.14 bits per heavy atom. The van der Waals surface area contributed by atoms with Crippen molar-refractivity contribution >= 4 is 0 Å². The Kier molecular flexibility index (Phi) is 6.29. The van der Waals surface area contributed by atoms with Gasteiger partial charge >= 0.3 is 0 Å². The number of hydrogen-bond donors (Lipinski definition) is 5. The summed E-state index contributed by atoms with van der Waals surface area (Å²) >= 11 is 0. The fourth-order valence-corrected chi connectivity index (χ4v) is 5.27. The van der Waals surface area contributed by atoms with E-state index < -0.39 is 42.9 Å². The van der Waals surface area contributed by atoms with Crippen LogP contribution in [-0.2, 0) is 9.47 Å². The lowest BCUT2D eigenvalue weighted by Gasteiger charge is -2.53. The summed E-state index contributed by atoms with van der Waals surface area (Å²) in [6, 6.07) is 0. The van der Waals surface area contributed by atoms with Crippen LogP contribution in [0.25, 0.3) is 0 Å². The summed E-state index contributed by atoms with van der Waals surface area (Å²) in [6.45, 7) is 9.80. The van der Waals surface area contributed by atoms with E-state index in [2.05, 4.69) is 13.5 Å². The maximum absolute atomic E-state index is 10.5. The Morgan fingerprint density at radius 2 is 1.79 bits per heavy atom. The van der Waals surface area contributed by atoms with E-state index in [1.165, 1.54) is 0 Å². The quantitative estimate of drug-likeness (QED) is 0.348. The molecule has 1 saturated heterocycles. The molecule has 0 amide bonds. The van der Waals surface area contributed by atoms with Gasteiger partial charge in [-0.1, -0.05) is 13.5 Å². The topological polar surface area (TPSA) is 120 Å². The third kappa shape index (κ3) is 4.03. The molecule has 7 nitrogen and oxygen atoms in total. The summed E-state index contributed by atoms with van der Waals surface area (Å²) in [5.41, 5.74) is 0.306. The highest BCUT2D eigenvalue weighted by Gasteiger charge is 2.50. The first kappa shape index (κ1) is 22.2. The highest BCUT2D eigenvalue weighted by atomic mass is 16.7. The van der Waals surface area contributed by atoms with Crippen LogP contribution in [0.2, 0.25) is 0 Å². The molecule has 5 N–H and O–H groups in total. The van der Waals surface area contributed by atoms with Crippen LogP contribution in [0.5, 0.6) is 0 Å². The molecule has 0 aromatic carbocycles. The molecule has 2 aliphatic carbocycles. The van der Waals surface area contributed by atoms with Crippen LogP contribution in [0.15, 0.2) is 12.2 Å². The second-order valence-corrected chi connectivity index (χ2v) is 9.77. The Morgan fingerprint density at radius 3 is 2.39 bits per heavy atom. The average Bonchev–Trinajstić information content (AvgIpc) is 2.63. The van der Waals surface area contributed by atoms with Gasteiger partial charge in [-0.3, -0.25) is 0 Å². The fourth-order valence-electron chi connectivity index (χ4n) is 5.27. The van der Waals surface area contributed by atoms with Gasteiger partial charge in [0.15, 0.2) is 6.29 Å². The smallest absolute Gasteiger partial charge is 0.187 e. The Bertz CT molecular complexity index is 572. The molecule has 7 heteroatoms. The van der Waals surface area contributed by atoms with E-state index in [1.807, 2.05) is 13.8 Å². The van der Waals surface area contributed by atoms with Gasteiger partial charge in [0.05, 0.1) is 18.3 Å². The van der Waals surface area contributed by atoms with Gasteiger partial charge in [-0.2, -0.15) is 0 Å². The second kappa shape index (κ2) is 7.95. The molecule has 0 bridgehead atoms. The molecule has 0 spiro atoms. The van der Waals surface area contributed by atoms with Gasteiger partial charge in [0.1, 0.15) is 24.4 Å². The highest BCUT2D eigenvalue weighted by Crippen LogP contribution is 2.55. The molecular formula is C21H36O7. The van der Waals surface area contributed by atoms with E-state index in [4.69, 9.17) is 9.47 Å². The van der Waals surface area contributed by atoms with Crippen LogP contribution in [0.4, 0.5) is 0 Å². The van der Waals surface area contributed by atoms with Crippen LogP contribution >= 0.6 is 0 Å². The lowest BCUT2D eigenvalue weighted by Crippen LogP contribution is -2.60. The average molecular weight is 401 g/mol. The summed E-state index contributed by atoms with van der Waals surface area (Å²) in [5, 5.41) is 50.0. The standard InChI is InChI=1S/C21H36O7/c1-11-13-9-12(20(2,3)26)5-7-21(13,4)8-6-14(11)27-19-18(25)17(24)16(23)15(10-22)28-19/h12-19,22-26H,1,5-10H2,2-4H3. The minimum Gasteiger partial charge on any atom is -0.394 e. The van der Waals surface area contributed by atoms with Crippen molar-refractivity contribution in [3.63, 3.8) is 0 Å². The lowest BCUT2D eigenvalue weighted by atomic mass is 9.55. The zero-order chi connectivity index (χ0) is 20.9.